The number of nitrogens with zero attached hydrogens (tertiary/aromatic N) is 1. The molecule has 0 spiro atoms. The van der Waals surface area contributed by atoms with Gasteiger partial charge in [0.2, 0.25) is 5.91 Å². The second-order valence-electron chi connectivity index (χ2n) is 4.72. The van der Waals surface area contributed by atoms with Gasteiger partial charge in [0.15, 0.2) is 0 Å². The van der Waals surface area contributed by atoms with E-state index in [1.807, 2.05) is 24.3 Å². The highest BCUT2D eigenvalue weighted by Gasteiger charge is 2.27. The van der Waals surface area contributed by atoms with Crippen LogP contribution in [0.25, 0.3) is 0 Å². The number of carbonyl (C=O) groups excluding carboxylic acids is 1. The molecule has 3 N–H and O–H groups in total. The molecule has 98 valence electrons. The summed E-state index contributed by atoms with van der Waals surface area (Å²) in [4.78, 5) is 14.0. The van der Waals surface area contributed by atoms with Crippen LogP contribution < -0.4 is 5.73 Å². The number of benzene rings is 1. The molecule has 1 saturated heterocycles. The van der Waals surface area contributed by atoms with Crippen LogP contribution >= 0.6 is 0 Å². The largest absolute Gasteiger partial charge is 0.394 e. The third-order valence-corrected chi connectivity index (χ3v) is 3.59. The number of rotatable bonds is 4. The molecular weight excluding hydrogens is 228 g/mol. The minimum Gasteiger partial charge on any atom is -0.394 e. The standard InChI is InChI=1S/C14H20N2O2/c15-9-12-5-2-1-4-11(12)8-14(18)16-7-3-6-13(16)10-17/h1-2,4-5,13,17H,3,6-10,15H2/t13-/m0/s1. The van der Waals surface area contributed by atoms with Crippen LogP contribution in [-0.4, -0.2) is 35.1 Å². The van der Waals surface area contributed by atoms with Gasteiger partial charge in [0.05, 0.1) is 19.1 Å². The third-order valence-electron chi connectivity index (χ3n) is 3.59. The van der Waals surface area contributed by atoms with E-state index in [-0.39, 0.29) is 18.6 Å². The average Bonchev–Trinajstić information content (AvgIpc) is 2.87. The molecule has 1 fully saturated rings. The fourth-order valence-electron chi connectivity index (χ4n) is 2.55. The summed E-state index contributed by atoms with van der Waals surface area (Å²) in [5.74, 6) is 0.0902. The Labute approximate surface area is 107 Å². The summed E-state index contributed by atoms with van der Waals surface area (Å²) in [5, 5.41) is 9.24. The first-order valence-corrected chi connectivity index (χ1v) is 6.43. The predicted molar refractivity (Wildman–Crippen MR) is 69.9 cm³/mol. The number of likely N-dealkylation sites (tertiary alicyclic amines) is 1. The molecule has 1 heterocycles. The highest BCUT2D eigenvalue weighted by molar-refractivity contribution is 5.79. The van der Waals surface area contributed by atoms with Crippen molar-refractivity contribution in [1.82, 2.24) is 4.90 Å². The first-order valence-electron chi connectivity index (χ1n) is 6.43. The quantitative estimate of drug-likeness (QED) is 0.823. The van der Waals surface area contributed by atoms with Crippen molar-refractivity contribution in [2.45, 2.75) is 31.8 Å². The van der Waals surface area contributed by atoms with E-state index in [1.165, 1.54) is 0 Å². The molecular formula is C14H20N2O2. The van der Waals surface area contributed by atoms with Gasteiger partial charge >= 0.3 is 0 Å². The van der Waals surface area contributed by atoms with Gasteiger partial charge in [-0.05, 0) is 24.0 Å². The lowest BCUT2D eigenvalue weighted by molar-refractivity contribution is -0.132. The number of hydrogen-bond acceptors (Lipinski definition) is 3. The van der Waals surface area contributed by atoms with Gasteiger partial charge in [-0.25, -0.2) is 0 Å². The zero-order valence-corrected chi connectivity index (χ0v) is 10.5. The fraction of sp³-hybridized carbons (Fsp3) is 0.500. The predicted octanol–water partition coefficient (Wildman–Crippen LogP) is 0.671. The Kier molecular flexibility index (Phi) is 4.33. The van der Waals surface area contributed by atoms with Crippen LogP contribution in [-0.2, 0) is 17.8 Å². The Balaban J connectivity index is 2.07. The van der Waals surface area contributed by atoms with E-state index in [0.717, 1.165) is 30.5 Å². The molecule has 0 radical (unpaired) electrons. The number of carbonyl (C=O) groups is 1. The van der Waals surface area contributed by atoms with E-state index in [9.17, 15) is 9.90 Å². The van der Waals surface area contributed by atoms with Gasteiger partial charge in [0.1, 0.15) is 0 Å². The summed E-state index contributed by atoms with van der Waals surface area (Å²) in [6.07, 6.45) is 2.26. The smallest absolute Gasteiger partial charge is 0.227 e. The number of aliphatic hydroxyl groups is 1. The van der Waals surface area contributed by atoms with Crippen LogP contribution in [0.2, 0.25) is 0 Å². The van der Waals surface area contributed by atoms with Crippen molar-refractivity contribution in [3.05, 3.63) is 35.4 Å². The van der Waals surface area contributed by atoms with Crippen molar-refractivity contribution in [1.29, 1.82) is 0 Å². The van der Waals surface area contributed by atoms with Crippen molar-refractivity contribution < 1.29 is 9.90 Å². The molecule has 0 unspecified atom stereocenters. The average molecular weight is 248 g/mol. The third kappa shape index (κ3) is 2.71. The van der Waals surface area contributed by atoms with Gasteiger partial charge in [-0.3, -0.25) is 4.79 Å². The molecule has 1 aliphatic rings. The van der Waals surface area contributed by atoms with Crippen LogP contribution in [0.15, 0.2) is 24.3 Å². The molecule has 1 atom stereocenters. The van der Waals surface area contributed by atoms with Gasteiger partial charge in [-0.1, -0.05) is 24.3 Å². The number of aliphatic hydroxyl groups excluding tert-OH is 1. The fourth-order valence-corrected chi connectivity index (χ4v) is 2.55. The molecule has 1 aromatic carbocycles. The minimum atomic E-state index is 0.00235. The zero-order valence-electron chi connectivity index (χ0n) is 10.5. The van der Waals surface area contributed by atoms with Crippen LogP contribution in [0.5, 0.6) is 0 Å². The Hall–Kier alpha value is -1.39. The lowest BCUT2D eigenvalue weighted by Crippen LogP contribution is -2.38. The Morgan fingerprint density at radius 3 is 2.78 bits per heavy atom. The molecule has 1 aromatic rings. The highest BCUT2D eigenvalue weighted by Crippen LogP contribution is 2.19. The SMILES string of the molecule is NCc1ccccc1CC(=O)N1CCC[C@H]1CO. The van der Waals surface area contributed by atoms with Gasteiger partial charge < -0.3 is 15.7 Å². The monoisotopic (exact) mass is 248 g/mol. The van der Waals surface area contributed by atoms with Crippen LogP contribution in [0.4, 0.5) is 0 Å². The topological polar surface area (TPSA) is 66.6 Å². The minimum absolute atomic E-state index is 0.00235. The lowest BCUT2D eigenvalue weighted by Gasteiger charge is -2.23. The summed E-state index contributed by atoms with van der Waals surface area (Å²) in [6, 6.07) is 7.76. The van der Waals surface area contributed by atoms with Gasteiger partial charge in [-0.15, -0.1) is 0 Å². The molecule has 0 bridgehead atoms. The highest BCUT2D eigenvalue weighted by atomic mass is 16.3. The summed E-state index contributed by atoms with van der Waals surface area (Å²) < 4.78 is 0. The van der Waals surface area contributed by atoms with Crippen molar-refractivity contribution in [3.8, 4) is 0 Å². The molecule has 1 amide bonds. The second-order valence-corrected chi connectivity index (χ2v) is 4.72. The molecule has 0 aromatic heterocycles. The first-order chi connectivity index (χ1) is 8.76. The number of hydrogen-bond donors (Lipinski definition) is 2. The van der Waals surface area contributed by atoms with Gasteiger partial charge in [0.25, 0.3) is 0 Å². The van der Waals surface area contributed by atoms with Crippen LogP contribution in [0, 0.1) is 0 Å². The molecule has 4 nitrogen and oxygen atoms in total. The molecule has 18 heavy (non-hydrogen) atoms. The van der Waals surface area contributed by atoms with E-state index in [1.54, 1.807) is 4.90 Å². The Morgan fingerprint density at radius 2 is 2.11 bits per heavy atom. The summed E-state index contributed by atoms with van der Waals surface area (Å²) >= 11 is 0. The van der Waals surface area contributed by atoms with Crippen molar-refractivity contribution in [3.63, 3.8) is 0 Å². The van der Waals surface area contributed by atoms with E-state index < -0.39 is 0 Å². The second kappa shape index (κ2) is 5.98. The van der Waals surface area contributed by atoms with E-state index in [2.05, 4.69) is 0 Å². The van der Waals surface area contributed by atoms with Crippen LogP contribution in [0.1, 0.15) is 24.0 Å². The Morgan fingerprint density at radius 1 is 1.39 bits per heavy atom. The van der Waals surface area contributed by atoms with Gasteiger partial charge in [-0.2, -0.15) is 0 Å². The molecule has 1 aliphatic heterocycles. The van der Waals surface area contributed by atoms with Crippen molar-refractivity contribution in [2.75, 3.05) is 13.2 Å². The van der Waals surface area contributed by atoms with Gasteiger partial charge in [0, 0.05) is 13.1 Å². The van der Waals surface area contributed by atoms with Crippen molar-refractivity contribution >= 4 is 5.91 Å². The maximum Gasteiger partial charge on any atom is 0.227 e. The van der Waals surface area contributed by atoms with E-state index >= 15 is 0 Å². The maximum absolute atomic E-state index is 12.2. The first kappa shape index (κ1) is 13.1. The molecule has 2 rings (SSSR count). The van der Waals surface area contributed by atoms with E-state index in [4.69, 9.17) is 5.73 Å². The van der Waals surface area contributed by atoms with Crippen LogP contribution in [0.3, 0.4) is 0 Å². The zero-order chi connectivity index (χ0) is 13.0. The lowest BCUT2D eigenvalue weighted by atomic mass is 10.0. The maximum atomic E-state index is 12.2. The summed E-state index contributed by atoms with van der Waals surface area (Å²) in [6.45, 7) is 1.27. The number of nitrogens with two attached hydrogens (primary N) is 1. The normalized spacial score (nSPS) is 19.2. The summed E-state index contributed by atoms with van der Waals surface area (Å²) in [7, 11) is 0. The summed E-state index contributed by atoms with van der Waals surface area (Å²) in [5.41, 5.74) is 7.68. The molecule has 4 heteroatoms. The van der Waals surface area contributed by atoms with E-state index in [0.29, 0.717) is 13.0 Å². The number of amides is 1. The van der Waals surface area contributed by atoms with Crippen molar-refractivity contribution in [2.24, 2.45) is 5.73 Å². The Bertz CT molecular complexity index is 420. The molecule has 0 aliphatic carbocycles. The molecule has 0 saturated carbocycles.